The predicted octanol–water partition coefficient (Wildman–Crippen LogP) is 4.87. The quantitative estimate of drug-likeness (QED) is 0.543. The third-order valence-electron chi connectivity index (χ3n) is 4.22. The fourth-order valence-corrected chi connectivity index (χ4v) is 3.54. The zero-order valence-electron chi connectivity index (χ0n) is 16.4. The van der Waals surface area contributed by atoms with Crippen LogP contribution in [0, 0.1) is 11.3 Å². The molecule has 1 amide bonds. The molecule has 0 fully saturated rings. The van der Waals surface area contributed by atoms with Gasteiger partial charge in [-0.3, -0.25) is 4.79 Å². The molecule has 3 rings (SSSR count). The second-order valence-electron chi connectivity index (χ2n) is 6.27. The van der Waals surface area contributed by atoms with Gasteiger partial charge in [-0.2, -0.15) is 18.4 Å². The van der Waals surface area contributed by atoms with Gasteiger partial charge < -0.3 is 14.8 Å². The number of carbonyl (C=O) groups excluding carboxylic acids is 1. The molecule has 3 aromatic rings. The van der Waals surface area contributed by atoms with E-state index in [1.54, 1.807) is 18.2 Å². The Hall–Kier alpha value is -3.45. The van der Waals surface area contributed by atoms with Gasteiger partial charge in [-0.25, -0.2) is 4.98 Å². The lowest BCUT2D eigenvalue weighted by Crippen LogP contribution is -2.15. The number of carbonyl (C=O) groups is 1. The van der Waals surface area contributed by atoms with Gasteiger partial charge in [0.15, 0.2) is 11.5 Å². The fraction of sp³-hybridized carbons (Fsp3) is 0.190. The lowest BCUT2D eigenvalue weighted by atomic mass is 10.1. The number of fused-ring (bicyclic) bond motifs is 1. The number of nitriles is 1. The smallest absolute Gasteiger partial charge is 0.416 e. The number of alkyl halides is 3. The summed E-state index contributed by atoms with van der Waals surface area (Å²) in [5, 5.41) is 12.9. The normalized spacial score (nSPS) is 11.1. The number of rotatable bonds is 6. The van der Waals surface area contributed by atoms with Crippen LogP contribution in [0.4, 0.5) is 18.9 Å². The van der Waals surface area contributed by atoms with Gasteiger partial charge in [-0.15, -0.1) is 0 Å². The second-order valence-corrected chi connectivity index (χ2v) is 7.23. The van der Waals surface area contributed by atoms with Gasteiger partial charge in [0.05, 0.1) is 36.6 Å². The molecular weight excluding hydrogens is 431 g/mol. The van der Waals surface area contributed by atoms with Crippen LogP contribution in [0.1, 0.15) is 11.1 Å². The molecule has 0 saturated carbocycles. The van der Waals surface area contributed by atoms with Gasteiger partial charge in [-0.05, 0) is 30.3 Å². The molecule has 1 N–H and O–H groups in total. The molecule has 0 bridgehead atoms. The van der Waals surface area contributed by atoms with Crippen molar-refractivity contribution in [1.29, 1.82) is 5.26 Å². The van der Waals surface area contributed by atoms with E-state index in [0.29, 0.717) is 27.4 Å². The van der Waals surface area contributed by atoms with E-state index in [4.69, 9.17) is 9.47 Å². The van der Waals surface area contributed by atoms with Gasteiger partial charge in [0.2, 0.25) is 5.91 Å². The van der Waals surface area contributed by atoms with Crippen molar-refractivity contribution in [2.45, 2.75) is 11.2 Å². The minimum Gasteiger partial charge on any atom is -0.493 e. The Balaban J connectivity index is 1.78. The number of thioether (sulfide) groups is 1. The van der Waals surface area contributed by atoms with Crippen LogP contribution in [-0.4, -0.2) is 30.9 Å². The summed E-state index contributed by atoms with van der Waals surface area (Å²) >= 11 is 1.01. The molecular formula is C21H16F3N3O3S. The summed E-state index contributed by atoms with van der Waals surface area (Å²) in [6.07, 6.45) is -4.50. The highest BCUT2D eigenvalue weighted by molar-refractivity contribution is 8.00. The third-order valence-corrected chi connectivity index (χ3v) is 5.21. The first-order valence-electron chi connectivity index (χ1n) is 8.82. The number of methoxy groups -OCH3 is 2. The van der Waals surface area contributed by atoms with Gasteiger partial charge in [0.25, 0.3) is 0 Å². The molecule has 0 aliphatic heterocycles. The second kappa shape index (κ2) is 9.14. The van der Waals surface area contributed by atoms with Crippen molar-refractivity contribution in [2.24, 2.45) is 0 Å². The van der Waals surface area contributed by atoms with E-state index in [9.17, 15) is 23.2 Å². The van der Waals surface area contributed by atoms with Crippen LogP contribution in [0.2, 0.25) is 0 Å². The van der Waals surface area contributed by atoms with E-state index < -0.39 is 17.6 Å². The highest BCUT2D eigenvalue weighted by Crippen LogP contribution is 2.34. The number of aromatic nitrogens is 1. The molecule has 0 atom stereocenters. The van der Waals surface area contributed by atoms with Gasteiger partial charge in [0, 0.05) is 17.1 Å². The number of pyridine rings is 1. The van der Waals surface area contributed by atoms with Gasteiger partial charge >= 0.3 is 6.18 Å². The molecule has 2 aromatic carbocycles. The Labute approximate surface area is 180 Å². The summed E-state index contributed by atoms with van der Waals surface area (Å²) in [4.78, 5) is 16.7. The van der Waals surface area contributed by atoms with E-state index >= 15 is 0 Å². The monoisotopic (exact) mass is 447 g/mol. The van der Waals surface area contributed by atoms with Crippen molar-refractivity contribution in [3.8, 4) is 17.6 Å². The number of benzene rings is 2. The third kappa shape index (κ3) is 5.19. The molecule has 31 heavy (non-hydrogen) atoms. The predicted molar refractivity (Wildman–Crippen MR) is 110 cm³/mol. The number of hydrogen-bond donors (Lipinski definition) is 1. The van der Waals surface area contributed by atoms with Crippen LogP contribution < -0.4 is 14.8 Å². The van der Waals surface area contributed by atoms with Crippen molar-refractivity contribution < 1.29 is 27.4 Å². The lowest BCUT2D eigenvalue weighted by Gasteiger charge is -2.11. The summed E-state index contributed by atoms with van der Waals surface area (Å²) in [6.45, 7) is 0. The number of hydrogen-bond acceptors (Lipinski definition) is 6. The highest BCUT2D eigenvalue weighted by atomic mass is 32.2. The molecule has 0 spiro atoms. The minimum absolute atomic E-state index is 0.0317. The van der Waals surface area contributed by atoms with Crippen molar-refractivity contribution in [1.82, 2.24) is 4.98 Å². The van der Waals surface area contributed by atoms with E-state index in [1.807, 2.05) is 6.07 Å². The van der Waals surface area contributed by atoms with E-state index in [2.05, 4.69) is 10.3 Å². The van der Waals surface area contributed by atoms with Crippen LogP contribution in [0.3, 0.4) is 0 Å². The summed E-state index contributed by atoms with van der Waals surface area (Å²) < 4.78 is 49.0. The van der Waals surface area contributed by atoms with E-state index in [1.165, 1.54) is 26.4 Å². The molecule has 0 saturated heterocycles. The van der Waals surface area contributed by atoms with Crippen LogP contribution in [0.15, 0.2) is 47.5 Å². The van der Waals surface area contributed by atoms with Crippen molar-refractivity contribution in [3.63, 3.8) is 0 Å². The first kappa shape index (κ1) is 22.2. The Morgan fingerprint density at radius 2 is 1.87 bits per heavy atom. The Kier molecular flexibility index (Phi) is 6.56. The molecule has 0 radical (unpaired) electrons. The zero-order chi connectivity index (χ0) is 22.6. The average molecular weight is 447 g/mol. The number of amides is 1. The van der Waals surface area contributed by atoms with Crippen LogP contribution >= 0.6 is 11.8 Å². The standard InChI is InChI=1S/C21H16F3N3O3S/c1-29-17-7-12-6-13(10-25)20(27-16(12)9-18(17)30-2)31-11-19(28)26-15-5-3-4-14(8-15)21(22,23)24/h3-9H,11H2,1-2H3,(H,26,28). The maximum absolute atomic E-state index is 12.8. The minimum atomic E-state index is -4.50. The first-order chi connectivity index (χ1) is 14.7. The van der Waals surface area contributed by atoms with Crippen LogP contribution in [0.25, 0.3) is 10.9 Å². The molecule has 1 aromatic heterocycles. The van der Waals surface area contributed by atoms with Crippen molar-refractivity contribution in [2.75, 3.05) is 25.3 Å². The molecule has 0 aliphatic rings. The Bertz CT molecular complexity index is 1180. The van der Waals surface area contributed by atoms with Crippen molar-refractivity contribution in [3.05, 3.63) is 53.6 Å². The number of nitrogens with one attached hydrogen (secondary N) is 1. The number of nitrogens with zero attached hydrogens (tertiary/aromatic N) is 2. The van der Waals surface area contributed by atoms with Crippen LogP contribution in [0.5, 0.6) is 11.5 Å². The summed E-state index contributed by atoms with van der Waals surface area (Å²) in [6, 6.07) is 11.4. The Morgan fingerprint density at radius 1 is 1.16 bits per heavy atom. The van der Waals surface area contributed by atoms with Gasteiger partial charge in [-0.1, -0.05) is 17.8 Å². The van der Waals surface area contributed by atoms with Gasteiger partial charge in [0.1, 0.15) is 11.1 Å². The van der Waals surface area contributed by atoms with Crippen molar-refractivity contribution >= 4 is 34.3 Å². The molecule has 1 heterocycles. The molecule has 0 unspecified atom stereocenters. The zero-order valence-corrected chi connectivity index (χ0v) is 17.2. The van der Waals surface area contributed by atoms with Crippen LogP contribution in [-0.2, 0) is 11.0 Å². The maximum atomic E-state index is 12.8. The summed E-state index contributed by atoms with van der Waals surface area (Å²) in [5.74, 6) is 0.283. The largest absolute Gasteiger partial charge is 0.493 e. The maximum Gasteiger partial charge on any atom is 0.416 e. The molecule has 0 aliphatic carbocycles. The summed E-state index contributed by atoms with van der Waals surface area (Å²) in [7, 11) is 2.98. The fourth-order valence-electron chi connectivity index (χ4n) is 2.78. The summed E-state index contributed by atoms with van der Waals surface area (Å²) in [5.41, 5.74) is -0.0245. The topological polar surface area (TPSA) is 84.2 Å². The SMILES string of the molecule is COc1cc2cc(C#N)c(SCC(=O)Nc3cccc(C(F)(F)F)c3)nc2cc1OC. The average Bonchev–Trinajstić information content (AvgIpc) is 2.75. The molecule has 160 valence electrons. The molecule has 10 heteroatoms. The number of halogens is 3. The number of anilines is 1. The Morgan fingerprint density at radius 3 is 2.52 bits per heavy atom. The highest BCUT2D eigenvalue weighted by Gasteiger charge is 2.30. The molecule has 6 nitrogen and oxygen atoms in total. The van der Waals surface area contributed by atoms with E-state index in [-0.39, 0.29) is 17.0 Å². The van der Waals surface area contributed by atoms with E-state index in [0.717, 1.165) is 23.9 Å². The lowest BCUT2D eigenvalue weighted by molar-refractivity contribution is -0.137. The first-order valence-corrected chi connectivity index (χ1v) is 9.80. The number of ether oxygens (including phenoxy) is 2.